The summed E-state index contributed by atoms with van der Waals surface area (Å²) in [5.74, 6) is -0.378. The summed E-state index contributed by atoms with van der Waals surface area (Å²) in [5.41, 5.74) is 1.68. The molecule has 2 heterocycles. The first-order chi connectivity index (χ1) is 16.8. The van der Waals surface area contributed by atoms with Crippen LogP contribution in [0.15, 0.2) is 48.5 Å². The normalized spacial score (nSPS) is 18.2. The van der Waals surface area contributed by atoms with Crippen LogP contribution in [0.2, 0.25) is 0 Å². The number of hydrogen-bond donors (Lipinski definition) is 2. The number of ether oxygens (including phenoxy) is 1. The predicted octanol–water partition coefficient (Wildman–Crippen LogP) is 3.16. The van der Waals surface area contributed by atoms with Crippen LogP contribution in [-0.4, -0.2) is 72.4 Å². The van der Waals surface area contributed by atoms with Crippen LogP contribution in [-0.2, 0) is 9.53 Å². The number of benzene rings is 2. The van der Waals surface area contributed by atoms with Crippen LogP contribution in [0.1, 0.15) is 12.5 Å². The fraction of sp³-hybridized carbons (Fsp3) is 0.320. The van der Waals surface area contributed by atoms with Gasteiger partial charge in [0.1, 0.15) is 17.7 Å². The highest BCUT2D eigenvalue weighted by molar-refractivity contribution is 7.80. The second-order valence-electron chi connectivity index (χ2n) is 8.43. The number of nitrogens with zero attached hydrogens (tertiary/aromatic N) is 3. The van der Waals surface area contributed by atoms with E-state index in [9.17, 15) is 19.1 Å². The van der Waals surface area contributed by atoms with Gasteiger partial charge in [-0.1, -0.05) is 24.4 Å². The van der Waals surface area contributed by atoms with Crippen LogP contribution in [0, 0.1) is 5.82 Å². The number of thiocarbonyl (C=S) groups is 1. The minimum Gasteiger partial charge on any atom is -0.508 e. The molecule has 2 amide bonds. The number of rotatable bonds is 6. The number of hydrogen-bond acceptors (Lipinski definition) is 6. The molecule has 0 bridgehead atoms. The number of piperazine rings is 1. The van der Waals surface area contributed by atoms with E-state index >= 15 is 0 Å². The second kappa shape index (κ2) is 10.7. The van der Waals surface area contributed by atoms with Gasteiger partial charge >= 0.3 is 6.09 Å². The highest BCUT2D eigenvalue weighted by atomic mass is 32.1. The van der Waals surface area contributed by atoms with E-state index < -0.39 is 11.9 Å². The number of carbonyl (C=O) groups is 2. The molecule has 10 heteroatoms. The molecular weight excluding hydrogens is 471 g/mol. The van der Waals surface area contributed by atoms with Gasteiger partial charge in [-0.25, -0.2) is 9.18 Å². The maximum absolute atomic E-state index is 15.0. The second-order valence-corrected chi connectivity index (χ2v) is 9.04. The average Bonchev–Trinajstić information content (AvgIpc) is 3.22. The summed E-state index contributed by atoms with van der Waals surface area (Å²) in [6.45, 7) is 4.38. The summed E-state index contributed by atoms with van der Waals surface area (Å²) in [7, 11) is 0. The molecule has 2 aromatic carbocycles. The van der Waals surface area contributed by atoms with Crippen molar-refractivity contribution in [2.45, 2.75) is 13.0 Å². The minimum atomic E-state index is -0.515. The topological polar surface area (TPSA) is 85.4 Å². The van der Waals surface area contributed by atoms with E-state index in [4.69, 9.17) is 17.0 Å². The zero-order chi connectivity index (χ0) is 24.9. The fourth-order valence-electron chi connectivity index (χ4n) is 4.04. The van der Waals surface area contributed by atoms with Gasteiger partial charge in [0.15, 0.2) is 0 Å². The Morgan fingerprint density at radius 3 is 2.57 bits per heavy atom. The molecule has 35 heavy (non-hydrogen) atoms. The van der Waals surface area contributed by atoms with E-state index in [0.717, 1.165) is 5.56 Å². The Bertz CT molecular complexity index is 1130. The maximum Gasteiger partial charge on any atom is 0.414 e. The third kappa shape index (κ3) is 6.07. The lowest BCUT2D eigenvalue weighted by molar-refractivity contribution is -0.126. The monoisotopic (exact) mass is 498 g/mol. The quantitative estimate of drug-likeness (QED) is 0.468. The molecule has 2 aliphatic rings. The van der Waals surface area contributed by atoms with Crippen LogP contribution < -0.4 is 15.1 Å². The molecule has 2 saturated heterocycles. The highest BCUT2D eigenvalue weighted by Crippen LogP contribution is 2.28. The molecule has 4 rings (SSSR count). The van der Waals surface area contributed by atoms with Gasteiger partial charge in [0.25, 0.3) is 0 Å². The molecule has 0 unspecified atom stereocenters. The van der Waals surface area contributed by atoms with E-state index in [2.05, 4.69) is 5.32 Å². The van der Waals surface area contributed by atoms with Crippen molar-refractivity contribution < 1.29 is 23.8 Å². The summed E-state index contributed by atoms with van der Waals surface area (Å²) in [4.78, 5) is 30.4. The van der Waals surface area contributed by atoms with Crippen LogP contribution in [0.5, 0.6) is 5.75 Å². The lowest BCUT2D eigenvalue weighted by atomic mass is 10.2. The van der Waals surface area contributed by atoms with Crippen molar-refractivity contribution in [3.05, 3.63) is 59.9 Å². The molecule has 2 aromatic rings. The third-order valence-electron chi connectivity index (χ3n) is 5.94. The number of anilines is 2. The molecular formula is C25H27FN4O4S. The van der Waals surface area contributed by atoms with Crippen LogP contribution >= 0.6 is 12.2 Å². The first-order valence-electron chi connectivity index (χ1n) is 11.3. The lowest BCUT2D eigenvalue weighted by Gasteiger charge is -2.36. The minimum absolute atomic E-state index is 0.117. The summed E-state index contributed by atoms with van der Waals surface area (Å²) < 4.78 is 20.3. The SMILES string of the molecule is CC(=S)NC[C@@H]1CN(c2ccc(N3CCN(C(=O)/C=C/c4ccc(O)cc4)CC3)c(F)c2)C(=O)O1. The highest BCUT2D eigenvalue weighted by Gasteiger charge is 2.33. The summed E-state index contributed by atoms with van der Waals surface area (Å²) >= 11 is 4.98. The molecule has 0 aromatic heterocycles. The molecule has 0 aliphatic carbocycles. The van der Waals surface area contributed by atoms with E-state index in [1.54, 1.807) is 54.3 Å². The molecule has 0 spiro atoms. The third-order valence-corrected chi connectivity index (χ3v) is 6.08. The van der Waals surface area contributed by atoms with Crippen LogP contribution in [0.4, 0.5) is 20.6 Å². The van der Waals surface area contributed by atoms with E-state index in [0.29, 0.717) is 55.6 Å². The van der Waals surface area contributed by atoms with Gasteiger partial charge < -0.3 is 25.0 Å². The van der Waals surface area contributed by atoms with Gasteiger partial charge in [-0.2, -0.15) is 0 Å². The largest absolute Gasteiger partial charge is 0.508 e. The molecule has 2 aliphatic heterocycles. The number of nitrogens with one attached hydrogen (secondary N) is 1. The first kappa shape index (κ1) is 24.5. The molecule has 0 saturated carbocycles. The van der Waals surface area contributed by atoms with Crippen LogP contribution in [0.3, 0.4) is 0 Å². The van der Waals surface area contributed by atoms with E-state index in [1.165, 1.54) is 17.0 Å². The predicted molar refractivity (Wildman–Crippen MR) is 136 cm³/mol. The van der Waals surface area contributed by atoms with Gasteiger partial charge in [-0.15, -0.1) is 0 Å². The number of phenolic OH excluding ortho intramolecular Hbond substituents is 1. The summed E-state index contributed by atoms with van der Waals surface area (Å²) in [6, 6.07) is 11.3. The first-order valence-corrected chi connectivity index (χ1v) is 11.7. The Kier molecular flexibility index (Phi) is 7.50. The lowest BCUT2D eigenvalue weighted by Crippen LogP contribution is -2.48. The van der Waals surface area contributed by atoms with Crippen molar-refractivity contribution in [1.82, 2.24) is 10.2 Å². The van der Waals surface area contributed by atoms with Gasteiger partial charge in [-0.3, -0.25) is 9.69 Å². The van der Waals surface area contributed by atoms with Gasteiger partial charge in [0.05, 0.1) is 29.5 Å². The standard InChI is InChI=1S/C25H27FN4O4S/c1-17(35)27-15-21-16-30(25(33)34-21)19-5-8-23(22(26)14-19)28-10-12-29(13-11-28)24(32)9-4-18-2-6-20(31)7-3-18/h2-9,14,21,31H,10-13,15-16H2,1H3,(H,27,35)/b9-4+/t21-/m1/s1. The number of carbonyl (C=O) groups excluding carboxylic acids is 2. The molecule has 8 nitrogen and oxygen atoms in total. The summed E-state index contributed by atoms with van der Waals surface area (Å²) in [6.07, 6.45) is 2.33. The summed E-state index contributed by atoms with van der Waals surface area (Å²) in [5, 5.41) is 12.3. The van der Waals surface area contributed by atoms with Gasteiger partial charge in [-0.05, 0) is 48.9 Å². The number of cyclic esters (lactones) is 1. The number of aromatic hydroxyl groups is 1. The van der Waals surface area contributed by atoms with Gasteiger partial charge in [0, 0.05) is 32.3 Å². The average molecular weight is 499 g/mol. The number of phenols is 1. The van der Waals surface area contributed by atoms with Crippen molar-refractivity contribution in [3.8, 4) is 5.75 Å². The Balaban J connectivity index is 1.33. The van der Waals surface area contributed by atoms with Crippen molar-refractivity contribution in [3.63, 3.8) is 0 Å². The van der Waals surface area contributed by atoms with Crippen LogP contribution in [0.25, 0.3) is 6.08 Å². The Hall–Kier alpha value is -3.66. The molecule has 0 radical (unpaired) electrons. The Labute approximate surface area is 208 Å². The van der Waals surface area contributed by atoms with E-state index in [1.807, 2.05) is 4.90 Å². The smallest absolute Gasteiger partial charge is 0.414 e. The Morgan fingerprint density at radius 2 is 1.91 bits per heavy atom. The number of amides is 2. The van der Waals surface area contributed by atoms with Crippen molar-refractivity contribution in [1.29, 1.82) is 0 Å². The maximum atomic E-state index is 15.0. The molecule has 184 valence electrons. The molecule has 2 fully saturated rings. The van der Waals surface area contributed by atoms with Crippen molar-refractivity contribution >= 4 is 46.7 Å². The van der Waals surface area contributed by atoms with Gasteiger partial charge in [0.2, 0.25) is 5.91 Å². The Morgan fingerprint density at radius 1 is 1.20 bits per heavy atom. The molecule has 2 N–H and O–H groups in total. The fourth-order valence-corrected chi connectivity index (χ4v) is 4.13. The molecule has 1 atom stereocenters. The zero-order valence-electron chi connectivity index (χ0n) is 19.3. The van der Waals surface area contributed by atoms with Crippen molar-refractivity contribution in [2.75, 3.05) is 49.1 Å². The zero-order valence-corrected chi connectivity index (χ0v) is 20.1. The number of halogens is 1. The van der Waals surface area contributed by atoms with E-state index in [-0.39, 0.29) is 17.8 Å². The van der Waals surface area contributed by atoms with Crippen molar-refractivity contribution in [2.24, 2.45) is 0 Å².